The molecule has 0 amide bonds. The van der Waals surface area contributed by atoms with Gasteiger partial charge in [0.05, 0.1) is 24.2 Å². The van der Waals surface area contributed by atoms with Crippen LogP contribution in [0.25, 0.3) is 0 Å². The van der Waals surface area contributed by atoms with E-state index in [4.69, 9.17) is 4.74 Å². The predicted octanol–water partition coefficient (Wildman–Crippen LogP) is 1.12. The second kappa shape index (κ2) is 5.01. The molecule has 0 saturated carbocycles. The van der Waals surface area contributed by atoms with Crippen LogP contribution in [0, 0.1) is 17.8 Å². The number of carbonyl (C=O) groups is 4. The van der Waals surface area contributed by atoms with Gasteiger partial charge in [0, 0.05) is 0 Å². The molecule has 118 valence electrons. The highest BCUT2D eigenvalue weighted by Gasteiger charge is 2.50. The molecule has 4 atom stereocenters. The smallest absolute Gasteiger partial charge is 0.317 e. The first kappa shape index (κ1) is 14.1. The largest absolute Gasteiger partial charge is 0.393 e. The quantitative estimate of drug-likeness (QED) is 0.570. The van der Waals surface area contributed by atoms with Crippen LogP contribution in [0.2, 0.25) is 0 Å². The van der Waals surface area contributed by atoms with E-state index in [1.54, 1.807) is 0 Å². The Bertz CT molecular complexity index is 736. The van der Waals surface area contributed by atoms with Crippen LogP contribution in [0.5, 0.6) is 0 Å². The summed E-state index contributed by atoms with van der Waals surface area (Å²) in [7, 11) is 0. The molecule has 2 heterocycles. The molecule has 1 aromatic carbocycles. The van der Waals surface area contributed by atoms with E-state index in [1.165, 1.54) is 0 Å². The van der Waals surface area contributed by atoms with Crippen LogP contribution in [-0.4, -0.2) is 23.9 Å². The lowest BCUT2D eigenvalue weighted by Gasteiger charge is -2.22. The lowest BCUT2D eigenvalue weighted by Crippen LogP contribution is -2.23. The van der Waals surface area contributed by atoms with Crippen molar-refractivity contribution in [2.75, 3.05) is 0 Å². The Morgan fingerprint density at radius 1 is 0.739 bits per heavy atom. The van der Waals surface area contributed by atoms with Gasteiger partial charge < -0.3 is 9.47 Å². The van der Waals surface area contributed by atoms with Gasteiger partial charge in [-0.05, 0) is 29.9 Å². The molecule has 2 fully saturated rings. The van der Waals surface area contributed by atoms with Crippen LogP contribution in [0.1, 0.15) is 29.9 Å². The third-order valence-electron chi connectivity index (χ3n) is 5.08. The lowest BCUT2D eigenvalue weighted by molar-refractivity contribution is -0.156. The molecule has 6 heteroatoms. The van der Waals surface area contributed by atoms with Crippen molar-refractivity contribution in [3.05, 3.63) is 35.4 Å². The van der Waals surface area contributed by atoms with Gasteiger partial charge in [-0.1, -0.05) is 24.3 Å². The zero-order chi connectivity index (χ0) is 16.1. The number of hydrogen-bond donors (Lipinski definition) is 0. The van der Waals surface area contributed by atoms with E-state index in [0.29, 0.717) is 12.8 Å². The summed E-state index contributed by atoms with van der Waals surface area (Å²) in [5.74, 6) is -4.12. The van der Waals surface area contributed by atoms with Crippen molar-refractivity contribution in [1.82, 2.24) is 0 Å². The molecule has 0 N–H and O–H groups in total. The van der Waals surface area contributed by atoms with Crippen molar-refractivity contribution < 1.29 is 28.7 Å². The van der Waals surface area contributed by atoms with Gasteiger partial charge in [-0.2, -0.15) is 0 Å². The first-order valence-electron chi connectivity index (χ1n) is 7.62. The molecule has 0 radical (unpaired) electrons. The Morgan fingerprint density at radius 3 is 2.13 bits per heavy atom. The maximum Gasteiger partial charge on any atom is 0.317 e. The van der Waals surface area contributed by atoms with Crippen molar-refractivity contribution in [2.45, 2.75) is 25.2 Å². The first-order valence-corrected chi connectivity index (χ1v) is 7.62. The molecular formula is C17H14O6. The summed E-state index contributed by atoms with van der Waals surface area (Å²) < 4.78 is 9.46. The summed E-state index contributed by atoms with van der Waals surface area (Å²) in [6.07, 6.45) is 0.745. The zero-order valence-corrected chi connectivity index (χ0v) is 12.2. The van der Waals surface area contributed by atoms with Gasteiger partial charge in [0.1, 0.15) is 0 Å². The Morgan fingerprint density at radius 2 is 1.39 bits per heavy atom. The normalized spacial score (nSPS) is 32.9. The summed E-state index contributed by atoms with van der Waals surface area (Å²) in [5, 5.41) is 0. The fourth-order valence-corrected chi connectivity index (χ4v) is 3.96. The highest BCUT2D eigenvalue weighted by Crippen LogP contribution is 2.45. The number of cyclic esters (lactones) is 4. The molecule has 0 aromatic heterocycles. The zero-order valence-electron chi connectivity index (χ0n) is 12.2. The molecule has 2 aliphatic heterocycles. The summed E-state index contributed by atoms with van der Waals surface area (Å²) in [6.45, 7) is 0. The third kappa shape index (κ3) is 2.17. The van der Waals surface area contributed by atoms with Gasteiger partial charge in [0.25, 0.3) is 0 Å². The molecule has 1 aromatic rings. The summed E-state index contributed by atoms with van der Waals surface area (Å²) in [4.78, 5) is 47.4. The van der Waals surface area contributed by atoms with Crippen LogP contribution in [0.4, 0.5) is 0 Å². The van der Waals surface area contributed by atoms with Crippen LogP contribution in [0.15, 0.2) is 24.3 Å². The van der Waals surface area contributed by atoms with Gasteiger partial charge in [-0.15, -0.1) is 0 Å². The van der Waals surface area contributed by atoms with E-state index >= 15 is 0 Å². The van der Waals surface area contributed by atoms with E-state index < -0.39 is 41.6 Å². The standard InChI is InChI=1S/C17H14O6/c18-14-7-13(15(19)22-14)10-6-12-11(16(20)23-17(12)21)5-8-3-1-2-4-9(8)10/h1-4,10-13H,5-7H2. The monoisotopic (exact) mass is 314 g/mol. The van der Waals surface area contributed by atoms with Crippen molar-refractivity contribution in [1.29, 1.82) is 0 Å². The number of fused-ring (bicyclic) bond motifs is 2. The van der Waals surface area contributed by atoms with Crippen molar-refractivity contribution in [3.63, 3.8) is 0 Å². The van der Waals surface area contributed by atoms with Crippen molar-refractivity contribution in [2.24, 2.45) is 17.8 Å². The minimum atomic E-state index is -0.606. The third-order valence-corrected chi connectivity index (χ3v) is 5.08. The van der Waals surface area contributed by atoms with Crippen LogP contribution >= 0.6 is 0 Å². The van der Waals surface area contributed by atoms with E-state index in [-0.39, 0.29) is 12.3 Å². The van der Waals surface area contributed by atoms with E-state index in [2.05, 4.69) is 4.74 Å². The minimum absolute atomic E-state index is 0.0121. The Labute approximate surface area is 131 Å². The summed E-state index contributed by atoms with van der Waals surface area (Å²) >= 11 is 0. The average Bonchev–Trinajstić information content (AvgIpc) is 2.90. The molecule has 1 aliphatic carbocycles. The summed E-state index contributed by atoms with van der Waals surface area (Å²) in [6, 6.07) is 7.50. The lowest BCUT2D eigenvalue weighted by atomic mass is 9.78. The highest BCUT2D eigenvalue weighted by molar-refractivity contribution is 5.97. The Balaban J connectivity index is 1.78. The molecular weight excluding hydrogens is 300 g/mol. The topological polar surface area (TPSA) is 86.7 Å². The van der Waals surface area contributed by atoms with E-state index in [0.717, 1.165) is 11.1 Å². The van der Waals surface area contributed by atoms with E-state index in [1.807, 2.05) is 24.3 Å². The van der Waals surface area contributed by atoms with Gasteiger partial charge in [0.15, 0.2) is 0 Å². The minimum Gasteiger partial charge on any atom is -0.393 e. The van der Waals surface area contributed by atoms with Gasteiger partial charge in [-0.3, -0.25) is 19.2 Å². The first-order chi connectivity index (χ1) is 11.0. The number of esters is 4. The van der Waals surface area contributed by atoms with Crippen LogP contribution < -0.4 is 0 Å². The molecule has 0 bridgehead atoms. The van der Waals surface area contributed by atoms with Gasteiger partial charge in [0.2, 0.25) is 0 Å². The number of carbonyl (C=O) groups excluding carboxylic acids is 4. The molecule has 4 rings (SSSR count). The molecule has 3 aliphatic rings. The average molecular weight is 314 g/mol. The SMILES string of the molecule is O=C1CC(C2CC3C(=O)OC(=O)C3Cc3ccccc32)C(=O)O1. The van der Waals surface area contributed by atoms with Crippen LogP contribution in [-0.2, 0) is 35.1 Å². The van der Waals surface area contributed by atoms with Crippen molar-refractivity contribution >= 4 is 23.9 Å². The number of benzene rings is 1. The van der Waals surface area contributed by atoms with E-state index in [9.17, 15) is 19.2 Å². The molecule has 2 saturated heterocycles. The second-order valence-corrected chi connectivity index (χ2v) is 6.30. The summed E-state index contributed by atoms with van der Waals surface area (Å²) in [5.41, 5.74) is 1.84. The Hall–Kier alpha value is -2.50. The maximum atomic E-state index is 12.0. The molecule has 6 nitrogen and oxygen atoms in total. The number of ether oxygens (including phenoxy) is 2. The van der Waals surface area contributed by atoms with Crippen molar-refractivity contribution in [3.8, 4) is 0 Å². The molecule has 0 spiro atoms. The predicted molar refractivity (Wildman–Crippen MR) is 74.8 cm³/mol. The van der Waals surface area contributed by atoms with Gasteiger partial charge >= 0.3 is 23.9 Å². The molecule has 4 unspecified atom stereocenters. The Kier molecular flexibility index (Phi) is 3.07. The van der Waals surface area contributed by atoms with Crippen LogP contribution in [0.3, 0.4) is 0 Å². The highest BCUT2D eigenvalue weighted by atomic mass is 16.6. The second-order valence-electron chi connectivity index (χ2n) is 6.30. The fraction of sp³-hybridized carbons (Fsp3) is 0.412. The number of hydrogen-bond acceptors (Lipinski definition) is 6. The molecule has 23 heavy (non-hydrogen) atoms. The number of rotatable bonds is 1. The maximum absolute atomic E-state index is 12.0. The fourth-order valence-electron chi connectivity index (χ4n) is 3.96. The van der Waals surface area contributed by atoms with Gasteiger partial charge in [-0.25, -0.2) is 0 Å².